The van der Waals surface area contributed by atoms with Gasteiger partial charge in [-0.05, 0) is 24.1 Å². The van der Waals surface area contributed by atoms with Gasteiger partial charge < -0.3 is 19.7 Å². The Bertz CT molecular complexity index is 748. The van der Waals surface area contributed by atoms with Crippen molar-refractivity contribution in [2.75, 3.05) is 33.9 Å². The van der Waals surface area contributed by atoms with E-state index in [1.54, 1.807) is 14.2 Å². The van der Waals surface area contributed by atoms with E-state index in [1.165, 1.54) is 0 Å². The number of hydrogen-bond acceptors (Lipinski definition) is 4. The molecule has 138 valence electrons. The summed E-state index contributed by atoms with van der Waals surface area (Å²) >= 11 is 0. The van der Waals surface area contributed by atoms with Crippen LogP contribution in [0.3, 0.4) is 0 Å². The van der Waals surface area contributed by atoms with E-state index in [9.17, 15) is 4.79 Å². The summed E-state index contributed by atoms with van der Waals surface area (Å²) in [5.41, 5.74) is 2.11. The van der Waals surface area contributed by atoms with Crippen molar-refractivity contribution >= 4 is 5.91 Å². The van der Waals surface area contributed by atoms with Crippen LogP contribution in [0.15, 0.2) is 48.5 Å². The van der Waals surface area contributed by atoms with Crippen molar-refractivity contribution in [3.05, 3.63) is 59.7 Å². The molecule has 1 aliphatic heterocycles. The number of aryl methyl sites for hydroxylation is 1. The summed E-state index contributed by atoms with van der Waals surface area (Å²) < 4.78 is 10.9. The monoisotopic (exact) mass is 354 g/mol. The first-order valence-corrected chi connectivity index (χ1v) is 8.99. The molecule has 1 saturated heterocycles. The zero-order valence-corrected chi connectivity index (χ0v) is 15.4. The van der Waals surface area contributed by atoms with Gasteiger partial charge in [0.05, 0.1) is 20.3 Å². The highest BCUT2D eigenvalue weighted by Crippen LogP contribution is 2.31. The molecule has 1 heterocycles. The molecule has 1 N–H and O–H groups in total. The molecule has 0 bridgehead atoms. The van der Waals surface area contributed by atoms with Crippen molar-refractivity contribution in [1.29, 1.82) is 0 Å². The number of rotatable bonds is 6. The largest absolute Gasteiger partial charge is 0.496 e. The number of para-hydroxylation sites is 2. The Balaban J connectivity index is 1.74. The minimum Gasteiger partial charge on any atom is -0.496 e. The number of nitrogens with one attached hydrogen (secondary N) is 1. The zero-order chi connectivity index (χ0) is 18.4. The predicted molar refractivity (Wildman–Crippen MR) is 102 cm³/mol. The number of nitrogens with zero attached hydrogens (tertiary/aromatic N) is 1. The lowest BCUT2D eigenvalue weighted by Gasteiger charge is -2.37. The van der Waals surface area contributed by atoms with Gasteiger partial charge in [-0.2, -0.15) is 0 Å². The van der Waals surface area contributed by atoms with Gasteiger partial charge in [0, 0.05) is 31.6 Å². The summed E-state index contributed by atoms with van der Waals surface area (Å²) in [7, 11) is 3.33. The predicted octanol–water partition coefficient (Wildman–Crippen LogP) is 2.81. The Hall–Kier alpha value is -2.53. The van der Waals surface area contributed by atoms with Crippen LogP contribution in [0.25, 0.3) is 0 Å². The molecule has 0 saturated carbocycles. The maximum absolute atomic E-state index is 13.0. The van der Waals surface area contributed by atoms with Crippen molar-refractivity contribution < 1.29 is 14.3 Å². The third kappa shape index (κ3) is 3.99. The van der Waals surface area contributed by atoms with Gasteiger partial charge in [0.15, 0.2) is 0 Å². The van der Waals surface area contributed by atoms with Gasteiger partial charge in [-0.3, -0.25) is 4.79 Å². The van der Waals surface area contributed by atoms with Crippen LogP contribution in [0, 0.1) is 0 Å². The average molecular weight is 354 g/mol. The average Bonchev–Trinajstić information content (AvgIpc) is 2.72. The second kappa shape index (κ2) is 8.72. The molecule has 1 fully saturated rings. The van der Waals surface area contributed by atoms with Gasteiger partial charge in [0.25, 0.3) is 0 Å². The van der Waals surface area contributed by atoms with Crippen LogP contribution < -0.4 is 14.8 Å². The van der Waals surface area contributed by atoms with Gasteiger partial charge >= 0.3 is 0 Å². The minimum absolute atomic E-state index is 0.00920. The topological polar surface area (TPSA) is 50.8 Å². The number of carbonyl (C=O) groups is 1. The molecular formula is C21H26N2O3. The van der Waals surface area contributed by atoms with E-state index >= 15 is 0 Å². The SMILES string of the molecule is COc1ccccc1CCC(=O)N1CCNCC1c1ccccc1OC. The third-order valence-corrected chi connectivity index (χ3v) is 4.86. The number of carbonyl (C=O) groups excluding carboxylic acids is 1. The van der Waals surface area contributed by atoms with E-state index in [4.69, 9.17) is 9.47 Å². The van der Waals surface area contributed by atoms with E-state index in [0.717, 1.165) is 35.7 Å². The van der Waals surface area contributed by atoms with E-state index < -0.39 is 0 Å². The van der Waals surface area contributed by atoms with Crippen molar-refractivity contribution in [2.24, 2.45) is 0 Å². The molecule has 1 unspecified atom stereocenters. The number of ether oxygens (including phenoxy) is 2. The van der Waals surface area contributed by atoms with E-state index in [1.807, 2.05) is 53.4 Å². The van der Waals surface area contributed by atoms with Crippen molar-refractivity contribution in [3.8, 4) is 11.5 Å². The van der Waals surface area contributed by atoms with Gasteiger partial charge in [-0.25, -0.2) is 0 Å². The number of hydrogen-bond donors (Lipinski definition) is 1. The van der Waals surface area contributed by atoms with Crippen molar-refractivity contribution in [1.82, 2.24) is 10.2 Å². The molecule has 3 rings (SSSR count). The summed E-state index contributed by atoms with van der Waals surface area (Å²) in [5, 5.41) is 3.39. The summed E-state index contributed by atoms with van der Waals surface area (Å²) in [4.78, 5) is 14.9. The van der Waals surface area contributed by atoms with Crippen LogP contribution in [-0.2, 0) is 11.2 Å². The fraction of sp³-hybridized carbons (Fsp3) is 0.381. The Morgan fingerprint density at radius 3 is 2.54 bits per heavy atom. The normalized spacial score (nSPS) is 17.0. The number of benzene rings is 2. The van der Waals surface area contributed by atoms with Crippen LogP contribution in [-0.4, -0.2) is 44.7 Å². The molecule has 1 aliphatic rings. The Morgan fingerprint density at radius 1 is 1.08 bits per heavy atom. The fourth-order valence-corrected chi connectivity index (χ4v) is 3.52. The third-order valence-electron chi connectivity index (χ3n) is 4.86. The van der Waals surface area contributed by atoms with Crippen LogP contribution in [0.2, 0.25) is 0 Å². The van der Waals surface area contributed by atoms with Gasteiger partial charge in [-0.1, -0.05) is 36.4 Å². The summed E-state index contributed by atoms with van der Waals surface area (Å²) in [5.74, 6) is 1.82. The summed E-state index contributed by atoms with van der Waals surface area (Å²) in [6, 6.07) is 15.8. The quantitative estimate of drug-likeness (QED) is 0.867. The lowest BCUT2D eigenvalue weighted by Crippen LogP contribution is -2.48. The standard InChI is InChI=1S/C21H26N2O3/c1-25-19-9-5-3-7-16(19)11-12-21(24)23-14-13-22-15-18(23)17-8-4-6-10-20(17)26-2/h3-10,18,22H,11-15H2,1-2H3. The fourth-order valence-electron chi connectivity index (χ4n) is 3.52. The zero-order valence-electron chi connectivity index (χ0n) is 15.4. The Kier molecular flexibility index (Phi) is 6.12. The number of amides is 1. The molecule has 0 aromatic heterocycles. The molecule has 0 spiro atoms. The first-order valence-electron chi connectivity index (χ1n) is 8.99. The van der Waals surface area contributed by atoms with Crippen LogP contribution >= 0.6 is 0 Å². The van der Waals surface area contributed by atoms with Crippen LogP contribution in [0.4, 0.5) is 0 Å². The van der Waals surface area contributed by atoms with Crippen molar-refractivity contribution in [3.63, 3.8) is 0 Å². The highest BCUT2D eigenvalue weighted by atomic mass is 16.5. The molecule has 2 aromatic carbocycles. The first-order chi connectivity index (χ1) is 12.7. The lowest BCUT2D eigenvalue weighted by atomic mass is 10.0. The van der Waals surface area contributed by atoms with Gasteiger partial charge in [0.1, 0.15) is 11.5 Å². The highest BCUT2D eigenvalue weighted by Gasteiger charge is 2.29. The maximum Gasteiger partial charge on any atom is 0.223 e. The molecular weight excluding hydrogens is 328 g/mol. The molecule has 0 aliphatic carbocycles. The molecule has 2 aromatic rings. The number of piperazine rings is 1. The molecule has 0 radical (unpaired) electrons. The lowest BCUT2D eigenvalue weighted by molar-refractivity contribution is -0.134. The summed E-state index contributed by atoms with van der Waals surface area (Å²) in [6.07, 6.45) is 1.14. The molecule has 1 atom stereocenters. The second-order valence-electron chi connectivity index (χ2n) is 6.36. The highest BCUT2D eigenvalue weighted by molar-refractivity contribution is 5.77. The van der Waals surface area contributed by atoms with Gasteiger partial charge in [0.2, 0.25) is 5.91 Å². The second-order valence-corrected chi connectivity index (χ2v) is 6.36. The van der Waals surface area contributed by atoms with E-state index in [0.29, 0.717) is 19.4 Å². The smallest absolute Gasteiger partial charge is 0.223 e. The van der Waals surface area contributed by atoms with Crippen molar-refractivity contribution in [2.45, 2.75) is 18.9 Å². The minimum atomic E-state index is -0.00920. The molecule has 5 heteroatoms. The molecule has 1 amide bonds. The van der Waals surface area contributed by atoms with E-state index in [2.05, 4.69) is 5.32 Å². The van der Waals surface area contributed by atoms with E-state index in [-0.39, 0.29) is 11.9 Å². The molecule has 5 nitrogen and oxygen atoms in total. The number of methoxy groups -OCH3 is 2. The summed E-state index contributed by atoms with van der Waals surface area (Å²) in [6.45, 7) is 2.25. The van der Waals surface area contributed by atoms with Gasteiger partial charge in [-0.15, -0.1) is 0 Å². The van der Waals surface area contributed by atoms with Crippen LogP contribution in [0.5, 0.6) is 11.5 Å². The first kappa shape index (κ1) is 18.3. The molecule has 26 heavy (non-hydrogen) atoms. The van der Waals surface area contributed by atoms with Crippen LogP contribution in [0.1, 0.15) is 23.6 Å². The Morgan fingerprint density at radius 2 is 1.77 bits per heavy atom. The Labute approximate surface area is 154 Å². The maximum atomic E-state index is 13.0.